The molecule has 0 unspecified atom stereocenters. The van der Waals surface area contributed by atoms with Crippen molar-refractivity contribution in [2.24, 2.45) is 0 Å². The third kappa shape index (κ3) is 26.3. The number of urea groups is 1. The van der Waals surface area contributed by atoms with Crippen LogP contribution in [0, 0.1) is 0 Å². The number of halogens is 4. The van der Waals surface area contributed by atoms with Gasteiger partial charge in [0, 0.05) is 102 Å². The maximum absolute atomic E-state index is 12.3. The van der Waals surface area contributed by atoms with Crippen LogP contribution < -0.4 is 10.6 Å². The van der Waals surface area contributed by atoms with Gasteiger partial charge in [0.05, 0.1) is 151 Å². The molecule has 0 fully saturated rings. The van der Waals surface area contributed by atoms with E-state index >= 15 is 0 Å². The Bertz CT molecular complexity index is 2990. The lowest BCUT2D eigenvalue weighted by molar-refractivity contribution is -0.119. The fraction of sp³-hybridized carbons (Fsp3) is 0.559. The predicted octanol–water partition coefficient (Wildman–Crippen LogP) is 10.0. The zero-order valence-corrected chi connectivity index (χ0v) is 57.3. The Hall–Kier alpha value is -5.22. The molecule has 2 atom stereocenters. The molecule has 0 radical (unpaired) electrons. The van der Waals surface area contributed by atoms with Crippen LogP contribution in [0.15, 0.2) is 85.2 Å². The van der Waals surface area contributed by atoms with Crippen LogP contribution in [0.1, 0.15) is 83.7 Å². The monoisotopic (exact) mass is 1380 g/mol. The summed E-state index contributed by atoms with van der Waals surface area (Å²) in [5.41, 5.74) is 10.5. The van der Waals surface area contributed by atoms with Gasteiger partial charge in [0.2, 0.25) is 0 Å². The second-order valence-corrected chi connectivity index (χ2v) is 24.8. The fourth-order valence-corrected chi connectivity index (χ4v) is 12.2. The molecule has 2 aliphatic rings. The van der Waals surface area contributed by atoms with Crippen molar-refractivity contribution in [3.8, 4) is 22.5 Å². The van der Waals surface area contributed by atoms with Gasteiger partial charge in [-0.25, -0.2) is 14.2 Å². The summed E-state index contributed by atoms with van der Waals surface area (Å²) in [6.07, 6.45) is 8.02. The van der Waals surface area contributed by atoms with Gasteiger partial charge >= 0.3 is 6.03 Å². The number of ether oxygens (including phenoxy) is 10. The first-order chi connectivity index (χ1) is 46.0. The van der Waals surface area contributed by atoms with E-state index in [1.54, 1.807) is 9.36 Å². The molecule has 0 saturated carbocycles. The summed E-state index contributed by atoms with van der Waals surface area (Å²) in [7, 11) is 4.21. The van der Waals surface area contributed by atoms with Crippen LogP contribution in [-0.2, 0) is 78.3 Å². The molecule has 26 heteroatoms. The van der Waals surface area contributed by atoms with E-state index in [1.165, 1.54) is 22.3 Å². The molecule has 514 valence electrons. The third-order valence-corrected chi connectivity index (χ3v) is 16.9. The average molecular weight is 1380 g/mol. The number of fused-ring (bicyclic) bond motifs is 2. The SMILES string of the molecule is CN1Cc2c(Cl)cc(Cl)cc2[C@H](c2cccc(-c3cn(CCOCCOCCOCCOCCOCCCC(=O)CCCCCNC(=O)NCCOCCOCCOCCOCCOCCn4cc(-c5cccc([C@@H]6CN(C)Cc7c(Cl)cc(Cl)cc76)c5)nn4)nn3)c2)C1. The molecule has 22 nitrogen and oxygen atoms in total. The highest BCUT2D eigenvalue weighted by Crippen LogP contribution is 2.41. The van der Waals surface area contributed by atoms with Gasteiger partial charge in [-0.3, -0.25) is 4.79 Å². The molecular formula is C68H92Cl4N10O12. The lowest BCUT2D eigenvalue weighted by Crippen LogP contribution is -2.37. The third-order valence-electron chi connectivity index (χ3n) is 15.8. The summed E-state index contributed by atoms with van der Waals surface area (Å²) in [5.74, 6) is 0.504. The lowest BCUT2D eigenvalue weighted by Gasteiger charge is -2.33. The van der Waals surface area contributed by atoms with Gasteiger partial charge < -0.3 is 67.8 Å². The number of carbonyl (C=O) groups excluding carboxylic acids is 2. The Morgan fingerprint density at radius 1 is 0.457 bits per heavy atom. The minimum Gasteiger partial charge on any atom is -0.379 e. The molecule has 0 aliphatic carbocycles. The maximum atomic E-state index is 12.3. The Morgan fingerprint density at radius 3 is 1.30 bits per heavy atom. The smallest absolute Gasteiger partial charge is 0.314 e. The topological polar surface area (TPSA) is 218 Å². The van der Waals surface area contributed by atoms with Gasteiger partial charge in [0.25, 0.3) is 0 Å². The van der Waals surface area contributed by atoms with Crippen LogP contribution in [0.4, 0.5) is 4.79 Å². The summed E-state index contributed by atoms with van der Waals surface area (Å²) in [6.45, 7) is 14.5. The van der Waals surface area contributed by atoms with Crippen molar-refractivity contribution in [1.29, 1.82) is 0 Å². The van der Waals surface area contributed by atoms with Gasteiger partial charge in [0.15, 0.2) is 0 Å². The van der Waals surface area contributed by atoms with Crippen molar-refractivity contribution in [3.63, 3.8) is 0 Å². The first-order valence-electron chi connectivity index (χ1n) is 32.6. The average Bonchev–Trinajstić information content (AvgIpc) is 1.27. The van der Waals surface area contributed by atoms with Crippen molar-refractivity contribution in [1.82, 2.24) is 50.4 Å². The van der Waals surface area contributed by atoms with Gasteiger partial charge in [-0.05, 0) is 103 Å². The molecule has 2 amide bonds. The Balaban J connectivity index is 0.500. The Morgan fingerprint density at radius 2 is 0.851 bits per heavy atom. The molecule has 2 aromatic heterocycles. The number of unbranched alkanes of at least 4 members (excludes halogenated alkanes) is 2. The highest BCUT2D eigenvalue weighted by molar-refractivity contribution is 6.35. The first kappa shape index (κ1) is 74.6. The number of ketones is 1. The molecule has 2 N–H and O–H groups in total. The first-order valence-corrected chi connectivity index (χ1v) is 34.1. The number of hydrogen-bond acceptors (Lipinski definition) is 18. The van der Waals surface area contributed by atoms with E-state index in [9.17, 15) is 9.59 Å². The second-order valence-electron chi connectivity index (χ2n) is 23.2. The second kappa shape index (κ2) is 42.5. The standard InChI is InChI=1S/C68H92Cl4N10O12/c1-79-45-60(58-41-55(69)43-64(71)62(58)47-79)51-9-6-11-53(39-51)66-49-81(77-75-66)17-21-87-25-29-91-33-37-93-35-31-89-27-23-85-19-8-14-57(83)13-4-3-5-15-73-68(84)74-16-20-86-24-28-90-32-36-94-38-34-92-30-26-88-22-18-82-50-67(76-78-82)54-12-7-10-52(40-54)61-46-80(2)48-63-59(61)42-56(70)44-65(63)72/h6-7,9-12,39-44,49-50,60-61H,3-5,8,13-38,45-48H2,1-2H3,(H2,73,74,84)/t60-,61-/m0/s1. The van der Waals surface area contributed by atoms with Crippen molar-refractivity contribution < 1.29 is 57.0 Å². The number of amides is 2. The number of nitrogens with one attached hydrogen (secondary N) is 2. The maximum Gasteiger partial charge on any atom is 0.314 e. The van der Waals surface area contributed by atoms with E-state index < -0.39 is 0 Å². The summed E-state index contributed by atoms with van der Waals surface area (Å²) in [5, 5.41) is 25.8. The summed E-state index contributed by atoms with van der Waals surface area (Å²) < 4.78 is 59.9. The van der Waals surface area contributed by atoms with E-state index in [-0.39, 0.29) is 23.7 Å². The van der Waals surface area contributed by atoms with E-state index in [0.717, 1.165) is 79.1 Å². The van der Waals surface area contributed by atoms with Crippen molar-refractivity contribution >= 4 is 58.2 Å². The molecule has 4 heterocycles. The molecule has 0 spiro atoms. The largest absolute Gasteiger partial charge is 0.379 e. The highest BCUT2D eigenvalue weighted by atomic mass is 35.5. The number of likely N-dealkylation sites (N-methyl/N-ethyl adjacent to an activating group) is 2. The van der Waals surface area contributed by atoms with E-state index in [2.05, 4.69) is 91.6 Å². The van der Waals surface area contributed by atoms with Gasteiger partial charge in [-0.15, -0.1) is 10.2 Å². The summed E-state index contributed by atoms with van der Waals surface area (Å²) >= 11 is 26.0. The van der Waals surface area contributed by atoms with Crippen LogP contribution in [0.5, 0.6) is 0 Å². The van der Waals surface area contributed by atoms with Gasteiger partial charge in [0.1, 0.15) is 17.2 Å². The number of rotatable bonds is 47. The van der Waals surface area contributed by atoms with Crippen LogP contribution >= 0.6 is 46.4 Å². The van der Waals surface area contributed by atoms with Crippen molar-refractivity contribution in [2.75, 3.05) is 172 Å². The normalized spacial score (nSPS) is 15.0. The fourth-order valence-electron chi connectivity index (χ4n) is 11.1. The van der Waals surface area contributed by atoms with Crippen LogP contribution in [-0.4, -0.2) is 224 Å². The summed E-state index contributed by atoms with van der Waals surface area (Å²) in [6, 6.07) is 24.3. The number of carbonyl (C=O) groups is 2. The summed E-state index contributed by atoms with van der Waals surface area (Å²) in [4.78, 5) is 29.0. The van der Waals surface area contributed by atoms with E-state index in [0.29, 0.717) is 198 Å². The number of aromatic nitrogens is 6. The van der Waals surface area contributed by atoms with Gasteiger partial charge in [-0.1, -0.05) is 99.6 Å². The molecule has 94 heavy (non-hydrogen) atoms. The number of benzene rings is 4. The molecular weight excluding hydrogens is 1290 g/mol. The van der Waals surface area contributed by atoms with Crippen LogP contribution in [0.2, 0.25) is 20.1 Å². The highest BCUT2D eigenvalue weighted by Gasteiger charge is 2.29. The zero-order chi connectivity index (χ0) is 66.0. The number of hydrogen-bond donors (Lipinski definition) is 2. The minimum absolute atomic E-state index is 0.139. The molecule has 0 bridgehead atoms. The number of Topliss-reactive ketones (excluding diaryl/α,β-unsaturated/α-hetero) is 1. The molecule has 6 aromatic rings. The van der Waals surface area contributed by atoms with Crippen LogP contribution in [0.3, 0.4) is 0 Å². The van der Waals surface area contributed by atoms with E-state index in [4.69, 9.17) is 93.8 Å². The Kier molecular flexibility index (Phi) is 33.7. The zero-order valence-electron chi connectivity index (χ0n) is 54.3. The van der Waals surface area contributed by atoms with E-state index in [1.807, 2.05) is 48.8 Å². The van der Waals surface area contributed by atoms with Crippen LogP contribution in [0.25, 0.3) is 22.5 Å². The molecule has 4 aromatic carbocycles. The molecule has 8 rings (SSSR count). The van der Waals surface area contributed by atoms with Crippen molar-refractivity contribution in [2.45, 2.75) is 76.5 Å². The molecule has 2 aliphatic heterocycles. The van der Waals surface area contributed by atoms with Crippen molar-refractivity contribution in [3.05, 3.63) is 139 Å². The lowest BCUT2D eigenvalue weighted by atomic mass is 9.84. The van der Waals surface area contributed by atoms with Gasteiger partial charge in [-0.2, -0.15) is 0 Å². The minimum atomic E-state index is -0.242. The number of nitrogens with zero attached hydrogens (tertiary/aromatic N) is 8. The molecule has 0 saturated heterocycles. The predicted molar refractivity (Wildman–Crippen MR) is 362 cm³/mol. The quantitative estimate of drug-likeness (QED) is 0.0340. The Labute approximate surface area is 572 Å².